The summed E-state index contributed by atoms with van der Waals surface area (Å²) in [5, 5.41) is 9.37. The van der Waals surface area contributed by atoms with Crippen LogP contribution >= 0.6 is 0 Å². The molecule has 2 unspecified atom stereocenters. The Bertz CT molecular complexity index is 2440. The molecule has 6 aromatic carbocycles. The molecule has 3 heterocycles. The third-order valence-corrected chi connectivity index (χ3v) is 9.23. The molecule has 1 aliphatic rings. The highest BCUT2D eigenvalue weighted by molar-refractivity contribution is 6.12. The van der Waals surface area contributed by atoms with E-state index in [1.54, 1.807) is 0 Å². The molecule has 0 bridgehead atoms. The van der Waals surface area contributed by atoms with Crippen molar-refractivity contribution in [1.29, 1.82) is 0 Å². The van der Waals surface area contributed by atoms with E-state index in [1.165, 1.54) is 5.56 Å². The molecule has 9 rings (SSSR count). The van der Waals surface area contributed by atoms with Gasteiger partial charge in [-0.25, -0.2) is 4.99 Å². The van der Waals surface area contributed by atoms with Gasteiger partial charge in [-0.3, -0.25) is 10.3 Å². The lowest BCUT2D eigenvalue weighted by Crippen LogP contribution is -2.44. The lowest BCUT2D eigenvalue weighted by atomic mass is 9.98. The Labute approximate surface area is 284 Å². The predicted molar refractivity (Wildman–Crippen MR) is 199 cm³/mol. The number of rotatable bonds is 6. The topological polar surface area (TPSA) is 62.5 Å². The summed E-state index contributed by atoms with van der Waals surface area (Å²) in [6.07, 6.45) is 1.69. The van der Waals surface area contributed by atoms with Crippen LogP contribution in [0.15, 0.2) is 179 Å². The zero-order valence-electron chi connectivity index (χ0n) is 26.6. The molecule has 8 aromatic rings. The van der Waals surface area contributed by atoms with E-state index in [9.17, 15) is 0 Å². The Morgan fingerprint density at radius 2 is 1.16 bits per heavy atom. The highest BCUT2D eigenvalue weighted by atomic mass is 16.3. The number of furan rings is 1. The van der Waals surface area contributed by atoms with Gasteiger partial charge in [0.15, 0.2) is 0 Å². The first-order valence-corrected chi connectivity index (χ1v) is 16.6. The maximum Gasteiger partial charge on any atom is 0.139 e. The van der Waals surface area contributed by atoms with Crippen molar-refractivity contribution in [2.75, 3.05) is 0 Å². The fourth-order valence-corrected chi connectivity index (χ4v) is 6.75. The molecule has 2 N–H and O–H groups in total. The largest absolute Gasteiger partial charge is 0.456 e. The van der Waals surface area contributed by atoms with Crippen molar-refractivity contribution in [3.8, 4) is 33.5 Å². The fraction of sp³-hybridized carbons (Fsp3) is 0.0455. The second-order valence-corrected chi connectivity index (χ2v) is 12.3. The minimum atomic E-state index is -0.174. The minimum absolute atomic E-state index is 0.0807. The van der Waals surface area contributed by atoms with Crippen LogP contribution in [0.3, 0.4) is 0 Å². The van der Waals surface area contributed by atoms with Crippen LogP contribution in [0.25, 0.3) is 55.4 Å². The second-order valence-electron chi connectivity index (χ2n) is 12.3. The molecule has 5 heteroatoms. The maximum absolute atomic E-state index is 6.44. The van der Waals surface area contributed by atoms with Crippen LogP contribution in [0.2, 0.25) is 0 Å². The summed E-state index contributed by atoms with van der Waals surface area (Å²) in [4.78, 5) is 10.0. The fourth-order valence-electron chi connectivity index (χ4n) is 6.75. The average Bonchev–Trinajstić information content (AvgIpc) is 3.57. The SMILES string of the molecule is c1ccc(-c2cccc(-c3cc4oc5cccc(-c6ccc(C7=NC(c8ccccc8)NC(c8ccccc8)N7)cc6)c5c4cn3)c2)cc1. The van der Waals surface area contributed by atoms with Crippen molar-refractivity contribution < 1.29 is 4.42 Å². The third-order valence-electron chi connectivity index (χ3n) is 9.23. The molecule has 234 valence electrons. The number of nitrogens with zero attached hydrogens (tertiary/aromatic N) is 2. The Morgan fingerprint density at radius 3 is 1.94 bits per heavy atom. The van der Waals surface area contributed by atoms with Crippen molar-refractivity contribution in [2.45, 2.75) is 12.3 Å². The lowest BCUT2D eigenvalue weighted by molar-refractivity contribution is 0.409. The number of pyridine rings is 1. The summed E-state index contributed by atoms with van der Waals surface area (Å²) in [7, 11) is 0. The van der Waals surface area contributed by atoms with Gasteiger partial charge < -0.3 is 9.73 Å². The molecule has 0 spiro atoms. The Balaban J connectivity index is 1.05. The van der Waals surface area contributed by atoms with Crippen LogP contribution in [0.1, 0.15) is 29.0 Å². The van der Waals surface area contributed by atoms with Gasteiger partial charge in [-0.2, -0.15) is 0 Å². The van der Waals surface area contributed by atoms with Crippen molar-refractivity contribution >= 4 is 27.8 Å². The summed E-state index contributed by atoms with van der Waals surface area (Å²) in [6.45, 7) is 0. The van der Waals surface area contributed by atoms with E-state index in [1.807, 2.05) is 30.5 Å². The molecule has 0 aliphatic carbocycles. The zero-order valence-corrected chi connectivity index (χ0v) is 26.6. The summed E-state index contributed by atoms with van der Waals surface area (Å²) in [6, 6.07) is 56.7. The molecule has 5 nitrogen and oxygen atoms in total. The van der Waals surface area contributed by atoms with Gasteiger partial charge >= 0.3 is 0 Å². The number of aliphatic imine (C=N–C) groups is 1. The molecule has 0 amide bonds. The monoisotopic (exact) mass is 632 g/mol. The molecule has 49 heavy (non-hydrogen) atoms. The highest BCUT2D eigenvalue weighted by Crippen LogP contribution is 2.38. The molecular weight excluding hydrogens is 601 g/mol. The summed E-state index contributed by atoms with van der Waals surface area (Å²) in [5.74, 6) is 0.855. The van der Waals surface area contributed by atoms with E-state index in [4.69, 9.17) is 14.4 Å². The minimum Gasteiger partial charge on any atom is -0.456 e. The van der Waals surface area contributed by atoms with E-state index in [0.717, 1.165) is 72.4 Å². The van der Waals surface area contributed by atoms with E-state index < -0.39 is 0 Å². The van der Waals surface area contributed by atoms with Gasteiger partial charge in [-0.05, 0) is 45.5 Å². The molecule has 1 aliphatic heterocycles. The smallest absolute Gasteiger partial charge is 0.139 e. The average molecular weight is 633 g/mol. The van der Waals surface area contributed by atoms with Gasteiger partial charge in [-0.15, -0.1) is 0 Å². The van der Waals surface area contributed by atoms with Crippen molar-refractivity contribution in [3.05, 3.63) is 187 Å². The van der Waals surface area contributed by atoms with Gasteiger partial charge in [0, 0.05) is 34.2 Å². The summed E-state index contributed by atoms with van der Waals surface area (Å²) in [5.41, 5.74) is 11.5. The molecule has 2 atom stereocenters. The van der Waals surface area contributed by atoms with Crippen molar-refractivity contribution in [1.82, 2.24) is 15.6 Å². The van der Waals surface area contributed by atoms with E-state index >= 15 is 0 Å². The first kappa shape index (κ1) is 28.9. The quantitative estimate of drug-likeness (QED) is 0.192. The van der Waals surface area contributed by atoms with Crippen LogP contribution in [0, 0.1) is 0 Å². The first-order chi connectivity index (χ1) is 24.3. The van der Waals surface area contributed by atoms with E-state index in [2.05, 4.69) is 150 Å². The van der Waals surface area contributed by atoms with Gasteiger partial charge in [-0.1, -0.05) is 146 Å². The Kier molecular flexibility index (Phi) is 7.30. The van der Waals surface area contributed by atoms with Gasteiger partial charge in [0.1, 0.15) is 29.3 Å². The number of hydrogen-bond acceptors (Lipinski definition) is 5. The number of benzene rings is 6. The zero-order chi connectivity index (χ0) is 32.6. The molecule has 2 aromatic heterocycles. The standard InChI is InChI=1S/C44H32N4O/c1-4-12-29(13-5-1)34-18-10-19-35(26-34)38-27-40-37(28-45-38)41-36(20-11-21-39(41)49-40)30-22-24-33(25-23-30)44-47-42(31-14-6-2-7-15-31)46-43(48-44)32-16-8-3-9-17-32/h1-28,42-43,46H,(H,47,48). The molecule has 0 fully saturated rings. The van der Waals surface area contributed by atoms with Gasteiger partial charge in [0.2, 0.25) is 0 Å². The second kappa shape index (κ2) is 12.4. The van der Waals surface area contributed by atoms with Crippen LogP contribution in [-0.2, 0) is 0 Å². The molecule has 0 radical (unpaired) electrons. The lowest BCUT2D eigenvalue weighted by Gasteiger charge is -2.32. The van der Waals surface area contributed by atoms with Crippen LogP contribution in [-0.4, -0.2) is 10.8 Å². The van der Waals surface area contributed by atoms with Crippen LogP contribution < -0.4 is 10.6 Å². The summed E-state index contributed by atoms with van der Waals surface area (Å²) >= 11 is 0. The van der Waals surface area contributed by atoms with Gasteiger partial charge in [0.05, 0.1) is 5.69 Å². The normalized spacial score (nSPS) is 16.0. The van der Waals surface area contributed by atoms with Crippen molar-refractivity contribution in [2.24, 2.45) is 4.99 Å². The number of aromatic nitrogens is 1. The van der Waals surface area contributed by atoms with E-state index in [0.29, 0.717) is 0 Å². The highest BCUT2D eigenvalue weighted by Gasteiger charge is 2.25. The number of nitrogens with one attached hydrogen (secondary N) is 2. The first-order valence-electron chi connectivity index (χ1n) is 16.6. The number of fused-ring (bicyclic) bond motifs is 3. The third kappa shape index (κ3) is 5.56. The maximum atomic E-state index is 6.44. The van der Waals surface area contributed by atoms with Gasteiger partial charge in [0.25, 0.3) is 0 Å². The van der Waals surface area contributed by atoms with E-state index in [-0.39, 0.29) is 12.3 Å². The summed E-state index contributed by atoms with van der Waals surface area (Å²) < 4.78 is 6.44. The van der Waals surface area contributed by atoms with Crippen LogP contribution in [0.5, 0.6) is 0 Å². The number of amidine groups is 1. The van der Waals surface area contributed by atoms with Crippen LogP contribution in [0.4, 0.5) is 0 Å². The molecule has 0 saturated carbocycles. The number of hydrogen-bond donors (Lipinski definition) is 2. The predicted octanol–water partition coefficient (Wildman–Crippen LogP) is 10.3. The Morgan fingerprint density at radius 1 is 0.510 bits per heavy atom. The molecule has 0 saturated heterocycles. The molecular formula is C44H32N4O. The Hall–Kier alpha value is -6.30. The van der Waals surface area contributed by atoms with Crippen molar-refractivity contribution in [3.63, 3.8) is 0 Å².